The lowest BCUT2D eigenvalue weighted by atomic mass is 9.96. The normalized spacial score (nSPS) is 15.7. The van der Waals surface area contributed by atoms with Gasteiger partial charge >= 0.3 is 12.0 Å². The number of carboxylic acid groups (broad SMARTS) is 1. The standard InChI is InChI=1S/C18H26ClN3O3/c19-16-5-2-1-4-15(16)13-22-10-7-14(8-11-22)12-21-18(25)20-9-3-6-17(23)24/h1-2,4-5,14H,3,6-13H2,(H,23,24)(H2,20,21,25). The van der Waals surface area contributed by atoms with Crippen molar-refractivity contribution in [2.75, 3.05) is 26.2 Å². The number of rotatable bonds is 8. The minimum Gasteiger partial charge on any atom is -0.481 e. The Kier molecular flexibility index (Phi) is 8.01. The summed E-state index contributed by atoms with van der Waals surface area (Å²) in [4.78, 5) is 24.5. The summed E-state index contributed by atoms with van der Waals surface area (Å²) in [5.74, 6) is -0.363. The van der Waals surface area contributed by atoms with Gasteiger partial charge in [-0.25, -0.2) is 4.79 Å². The number of urea groups is 1. The Hall–Kier alpha value is -1.79. The molecule has 1 aromatic carbocycles. The van der Waals surface area contributed by atoms with E-state index in [9.17, 15) is 9.59 Å². The Morgan fingerprint density at radius 3 is 2.60 bits per heavy atom. The van der Waals surface area contributed by atoms with E-state index in [4.69, 9.17) is 16.7 Å². The van der Waals surface area contributed by atoms with Crippen LogP contribution in [0.4, 0.5) is 4.79 Å². The summed E-state index contributed by atoms with van der Waals surface area (Å²) in [7, 11) is 0. The average molecular weight is 368 g/mol. The van der Waals surface area contributed by atoms with Crippen molar-refractivity contribution in [1.29, 1.82) is 0 Å². The number of carboxylic acids is 1. The number of likely N-dealkylation sites (tertiary alicyclic amines) is 1. The van der Waals surface area contributed by atoms with Crippen molar-refractivity contribution >= 4 is 23.6 Å². The highest BCUT2D eigenvalue weighted by Gasteiger charge is 2.20. The van der Waals surface area contributed by atoms with Crippen molar-refractivity contribution < 1.29 is 14.7 Å². The zero-order valence-electron chi connectivity index (χ0n) is 14.3. The molecule has 0 atom stereocenters. The molecular formula is C18H26ClN3O3. The van der Waals surface area contributed by atoms with E-state index in [-0.39, 0.29) is 12.5 Å². The minimum atomic E-state index is -0.842. The summed E-state index contributed by atoms with van der Waals surface area (Å²) in [6, 6.07) is 7.71. The number of hydrogen-bond donors (Lipinski definition) is 3. The highest BCUT2D eigenvalue weighted by Crippen LogP contribution is 2.21. The third kappa shape index (κ3) is 7.32. The lowest BCUT2D eigenvalue weighted by Gasteiger charge is -2.32. The van der Waals surface area contributed by atoms with Crippen LogP contribution in [0.5, 0.6) is 0 Å². The molecular weight excluding hydrogens is 342 g/mol. The summed E-state index contributed by atoms with van der Waals surface area (Å²) in [6.07, 6.45) is 2.61. The number of hydrogen-bond acceptors (Lipinski definition) is 3. The molecule has 0 aromatic heterocycles. The Labute approximate surface area is 153 Å². The van der Waals surface area contributed by atoms with E-state index in [0.29, 0.717) is 25.4 Å². The first-order chi connectivity index (χ1) is 12.0. The van der Waals surface area contributed by atoms with Crippen molar-refractivity contribution in [3.63, 3.8) is 0 Å². The quantitative estimate of drug-likeness (QED) is 0.617. The van der Waals surface area contributed by atoms with Gasteiger partial charge in [0.2, 0.25) is 0 Å². The monoisotopic (exact) mass is 367 g/mol. The molecule has 7 heteroatoms. The van der Waals surface area contributed by atoms with Crippen LogP contribution < -0.4 is 10.6 Å². The number of nitrogens with one attached hydrogen (secondary N) is 2. The molecule has 1 aliphatic rings. The van der Waals surface area contributed by atoms with E-state index < -0.39 is 5.97 Å². The van der Waals surface area contributed by atoms with Crippen molar-refractivity contribution in [2.24, 2.45) is 5.92 Å². The molecule has 0 bridgehead atoms. The second-order valence-electron chi connectivity index (χ2n) is 6.45. The maximum absolute atomic E-state index is 11.7. The van der Waals surface area contributed by atoms with E-state index in [0.717, 1.165) is 43.1 Å². The SMILES string of the molecule is O=C(O)CCCNC(=O)NCC1CCN(Cc2ccccc2Cl)CC1. The summed E-state index contributed by atoms with van der Waals surface area (Å²) in [6.45, 7) is 3.90. The van der Waals surface area contributed by atoms with Crippen LogP contribution in [0.1, 0.15) is 31.2 Å². The summed E-state index contributed by atoms with van der Waals surface area (Å²) in [5.41, 5.74) is 1.15. The molecule has 138 valence electrons. The first-order valence-corrected chi connectivity index (χ1v) is 9.11. The van der Waals surface area contributed by atoms with Crippen molar-refractivity contribution in [2.45, 2.75) is 32.2 Å². The maximum atomic E-state index is 11.7. The van der Waals surface area contributed by atoms with Gasteiger partial charge in [0.25, 0.3) is 0 Å². The molecule has 0 spiro atoms. The van der Waals surface area contributed by atoms with Crippen LogP contribution >= 0.6 is 11.6 Å². The molecule has 1 heterocycles. The highest BCUT2D eigenvalue weighted by atomic mass is 35.5. The fourth-order valence-electron chi connectivity index (χ4n) is 2.96. The van der Waals surface area contributed by atoms with Crippen LogP contribution in [-0.4, -0.2) is 48.2 Å². The second-order valence-corrected chi connectivity index (χ2v) is 6.85. The predicted octanol–water partition coefficient (Wildman–Crippen LogP) is 2.72. The van der Waals surface area contributed by atoms with Gasteiger partial charge in [-0.1, -0.05) is 29.8 Å². The minimum absolute atomic E-state index is 0.0736. The lowest BCUT2D eigenvalue weighted by molar-refractivity contribution is -0.137. The largest absolute Gasteiger partial charge is 0.481 e. The number of carbonyl (C=O) groups excluding carboxylic acids is 1. The number of amides is 2. The van der Waals surface area contributed by atoms with Crippen molar-refractivity contribution in [3.8, 4) is 0 Å². The van der Waals surface area contributed by atoms with E-state index in [2.05, 4.69) is 21.6 Å². The second kappa shape index (κ2) is 10.3. The van der Waals surface area contributed by atoms with Gasteiger partial charge in [-0.05, 0) is 49.9 Å². The molecule has 2 amide bonds. The van der Waals surface area contributed by atoms with Crippen LogP contribution in [0.25, 0.3) is 0 Å². The summed E-state index contributed by atoms with van der Waals surface area (Å²) >= 11 is 6.21. The Balaban J connectivity index is 1.60. The lowest BCUT2D eigenvalue weighted by Crippen LogP contribution is -2.42. The van der Waals surface area contributed by atoms with Crippen LogP contribution in [-0.2, 0) is 11.3 Å². The fourth-order valence-corrected chi connectivity index (χ4v) is 3.15. The summed E-state index contributed by atoms with van der Waals surface area (Å²) in [5, 5.41) is 14.9. The molecule has 25 heavy (non-hydrogen) atoms. The molecule has 1 aromatic rings. The number of piperidine rings is 1. The Morgan fingerprint density at radius 2 is 1.92 bits per heavy atom. The smallest absolute Gasteiger partial charge is 0.314 e. The van der Waals surface area contributed by atoms with Gasteiger partial charge in [-0.3, -0.25) is 9.69 Å². The molecule has 0 unspecified atom stereocenters. The number of benzene rings is 1. The van der Waals surface area contributed by atoms with Gasteiger partial charge < -0.3 is 15.7 Å². The zero-order valence-corrected chi connectivity index (χ0v) is 15.1. The molecule has 1 saturated heterocycles. The number of halogens is 1. The Morgan fingerprint density at radius 1 is 1.20 bits per heavy atom. The number of nitrogens with zero attached hydrogens (tertiary/aromatic N) is 1. The number of carbonyl (C=O) groups is 2. The van der Waals surface area contributed by atoms with Crippen LogP contribution in [0.2, 0.25) is 5.02 Å². The van der Waals surface area contributed by atoms with Gasteiger partial charge in [0, 0.05) is 31.1 Å². The van der Waals surface area contributed by atoms with Crippen LogP contribution in [0.3, 0.4) is 0 Å². The Bertz CT molecular complexity index is 574. The average Bonchev–Trinajstić information content (AvgIpc) is 2.60. The third-order valence-electron chi connectivity index (χ3n) is 4.46. The first kappa shape index (κ1) is 19.5. The highest BCUT2D eigenvalue weighted by molar-refractivity contribution is 6.31. The topological polar surface area (TPSA) is 81.7 Å². The van der Waals surface area contributed by atoms with E-state index in [1.165, 1.54) is 0 Å². The molecule has 6 nitrogen and oxygen atoms in total. The zero-order chi connectivity index (χ0) is 18.1. The van der Waals surface area contributed by atoms with E-state index in [1.54, 1.807) is 0 Å². The maximum Gasteiger partial charge on any atom is 0.314 e. The molecule has 1 fully saturated rings. The van der Waals surface area contributed by atoms with Crippen LogP contribution in [0, 0.1) is 5.92 Å². The van der Waals surface area contributed by atoms with Gasteiger partial charge in [0.1, 0.15) is 0 Å². The number of aliphatic carboxylic acids is 1. The van der Waals surface area contributed by atoms with Gasteiger partial charge in [-0.15, -0.1) is 0 Å². The molecule has 3 N–H and O–H groups in total. The molecule has 0 radical (unpaired) electrons. The molecule has 0 aliphatic carbocycles. The molecule has 2 rings (SSSR count). The van der Waals surface area contributed by atoms with Crippen LogP contribution in [0.15, 0.2) is 24.3 Å². The third-order valence-corrected chi connectivity index (χ3v) is 4.83. The van der Waals surface area contributed by atoms with Gasteiger partial charge in [-0.2, -0.15) is 0 Å². The van der Waals surface area contributed by atoms with Gasteiger partial charge in [0.15, 0.2) is 0 Å². The molecule has 1 aliphatic heterocycles. The van der Waals surface area contributed by atoms with Gasteiger partial charge in [0.05, 0.1) is 0 Å². The molecule has 0 saturated carbocycles. The fraction of sp³-hybridized carbons (Fsp3) is 0.556. The van der Waals surface area contributed by atoms with E-state index >= 15 is 0 Å². The van der Waals surface area contributed by atoms with Crippen molar-refractivity contribution in [3.05, 3.63) is 34.9 Å². The first-order valence-electron chi connectivity index (χ1n) is 8.74. The predicted molar refractivity (Wildman–Crippen MR) is 97.7 cm³/mol. The van der Waals surface area contributed by atoms with E-state index in [1.807, 2.05) is 18.2 Å². The van der Waals surface area contributed by atoms with Crippen molar-refractivity contribution in [1.82, 2.24) is 15.5 Å². The summed E-state index contributed by atoms with van der Waals surface area (Å²) < 4.78 is 0.